The molecule has 0 aliphatic carbocycles. The molecule has 1 aromatic heterocycles. The van der Waals surface area contributed by atoms with Gasteiger partial charge in [0, 0.05) is 54.4 Å². The molecule has 0 N–H and O–H groups in total. The Labute approximate surface area is 194 Å². The van der Waals surface area contributed by atoms with Crippen LogP contribution in [0.2, 0.25) is 0 Å². The van der Waals surface area contributed by atoms with Crippen LogP contribution < -0.4 is 9.80 Å². The lowest BCUT2D eigenvalue weighted by molar-refractivity contribution is 0.646. The summed E-state index contributed by atoms with van der Waals surface area (Å²) in [5.74, 6) is 1.000. The number of aromatic nitrogens is 2. The highest BCUT2D eigenvalue weighted by molar-refractivity contribution is 5.95. The molecule has 0 unspecified atom stereocenters. The summed E-state index contributed by atoms with van der Waals surface area (Å²) in [7, 11) is 0. The molecule has 0 saturated carbocycles. The normalized spacial score (nSPS) is 14.2. The van der Waals surface area contributed by atoms with Gasteiger partial charge in [0.2, 0.25) is 0 Å². The van der Waals surface area contributed by atoms with E-state index in [1.165, 1.54) is 32.8 Å². The first-order valence-corrected chi connectivity index (χ1v) is 11.6. The van der Waals surface area contributed by atoms with Crippen molar-refractivity contribution < 1.29 is 0 Å². The first-order chi connectivity index (χ1) is 16.4. The van der Waals surface area contributed by atoms with Crippen molar-refractivity contribution >= 4 is 33.1 Å². The Morgan fingerprint density at radius 1 is 0.545 bits per heavy atom. The summed E-state index contributed by atoms with van der Waals surface area (Å²) in [6.07, 6.45) is 0.795. The van der Waals surface area contributed by atoms with Crippen molar-refractivity contribution in [2.24, 2.45) is 0 Å². The number of benzene rings is 4. The fourth-order valence-electron chi connectivity index (χ4n) is 4.94. The lowest BCUT2D eigenvalue weighted by Gasteiger charge is -2.37. The molecule has 4 aromatic carbocycles. The highest BCUT2D eigenvalue weighted by Crippen LogP contribution is 2.31. The second-order valence-corrected chi connectivity index (χ2v) is 8.65. The molecule has 1 aliphatic rings. The van der Waals surface area contributed by atoms with Crippen LogP contribution in [-0.4, -0.2) is 36.4 Å². The zero-order chi connectivity index (χ0) is 22.0. The van der Waals surface area contributed by atoms with Gasteiger partial charge in [0.15, 0.2) is 5.82 Å². The zero-order valence-corrected chi connectivity index (χ0v) is 18.6. The summed E-state index contributed by atoms with van der Waals surface area (Å²) in [6.45, 7) is 3.80. The number of piperazine rings is 1. The van der Waals surface area contributed by atoms with Gasteiger partial charge in [-0.2, -0.15) is 5.10 Å². The van der Waals surface area contributed by atoms with E-state index in [-0.39, 0.29) is 0 Å². The fourth-order valence-corrected chi connectivity index (χ4v) is 4.94. The van der Waals surface area contributed by atoms with Crippen LogP contribution in [0.4, 0.5) is 11.5 Å². The summed E-state index contributed by atoms with van der Waals surface area (Å²) >= 11 is 0. The Morgan fingerprint density at radius 2 is 1.18 bits per heavy atom. The molecule has 162 valence electrons. The maximum Gasteiger partial charge on any atom is 0.159 e. The molecule has 0 bridgehead atoms. The molecule has 2 heterocycles. The first-order valence-electron chi connectivity index (χ1n) is 11.6. The largest absolute Gasteiger partial charge is 0.367 e. The standard InChI is InChI=1S/C29H26N4/c1-2-9-22(10-3-1)21-27-25-14-6-7-15-26(25)29(31-30-27)33-19-17-32(18-20-33)28-16-8-12-23-11-4-5-13-24(23)28/h1-16H,17-21H2. The van der Waals surface area contributed by atoms with Crippen molar-refractivity contribution in [2.45, 2.75) is 6.42 Å². The predicted octanol–water partition coefficient (Wildman–Crippen LogP) is 5.70. The van der Waals surface area contributed by atoms with E-state index in [2.05, 4.69) is 101 Å². The van der Waals surface area contributed by atoms with Crippen molar-refractivity contribution in [3.63, 3.8) is 0 Å². The minimum absolute atomic E-state index is 0.795. The van der Waals surface area contributed by atoms with Crippen molar-refractivity contribution in [1.82, 2.24) is 10.2 Å². The van der Waals surface area contributed by atoms with E-state index in [1.807, 2.05) is 6.07 Å². The summed E-state index contributed by atoms with van der Waals surface area (Å²) < 4.78 is 0. The van der Waals surface area contributed by atoms with E-state index in [4.69, 9.17) is 10.2 Å². The molecule has 1 fully saturated rings. The van der Waals surface area contributed by atoms with Gasteiger partial charge >= 0.3 is 0 Å². The van der Waals surface area contributed by atoms with E-state index >= 15 is 0 Å². The van der Waals surface area contributed by atoms with Crippen LogP contribution in [0, 0.1) is 0 Å². The second kappa shape index (κ2) is 8.55. The molecule has 4 heteroatoms. The Kier molecular flexibility index (Phi) is 5.11. The number of hydrogen-bond acceptors (Lipinski definition) is 4. The average molecular weight is 431 g/mol. The zero-order valence-electron chi connectivity index (χ0n) is 18.6. The molecule has 33 heavy (non-hydrogen) atoms. The van der Waals surface area contributed by atoms with Crippen LogP contribution in [-0.2, 0) is 6.42 Å². The van der Waals surface area contributed by atoms with Crippen molar-refractivity contribution in [1.29, 1.82) is 0 Å². The van der Waals surface area contributed by atoms with Gasteiger partial charge in [0.05, 0.1) is 5.69 Å². The quantitative estimate of drug-likeness (QED) is 0.366. The number of nitrogens with zero attached hydrogens (tertiary/aromatic N) is 4. The Morgan fingerprint density at radius 3 is 2.00 bits per heavy atom. The molecule has 1 aliphatic heterocycles. The summed E-state index contributed by atoms with van der Waals surface area (Å²) in [4.78, 5) is 4.89. The van der Waals surface area contributed by atoms with Crippen LogP contribution in [0.25, 0.3) is 21.5 Å². The molecule has 6 rings (SSSR count). The average Bonchev–Trinajstić information content (AvgIpc) is 2.89. The number of hydrogen-bond donors (Lipinski definition) is 0. The minimum atomic E-state index is 0.795. The topological polar surface area (TPSA) is 32.3 Å². The molecule has 5 aromatic rings. The minimum Gasteiger partial charge on any atom is -0.367 e. The SMILES string of the molecule is c1ccc(Cc2nnc(N3CCN(c4cccc5ccccc45)CC3)c3ccccc23)cc1. The third kappa shape index (κ3) is 3.78. The van der Waals surface area contributed by atoms with Gasteiger partial charge in [-0.1, -0.05) is 91.0 Å². The van der Waals surface area contributed by atoms with Crippen molar-refractivity contribution in [3.8, 4) is 0 Å². The molecule has 1 saturated heterocycles. The van der Waals surface area contributed by atoms with Gasteiger partial charge in [-0.05, 0) is 17.0 Å². The van der Waals surface area contributed by atoms with Crippen LogP contribution in [0.1, 0.15) is 11.3 Å². The number of rotatable bonds is 4. The highest BCUT2D eigenvalue weighted by Gasteiger charge is 2.22. The molecule has 0 amide bonds. The predicted molar refractivity (Wildman–Crippen MR) is 137 cm³/mol. The fraction of sp³-hybridized carbons (Fsp3) is 0.172. The summed E-state index contributed by atoms with van der Waals surface area (Å²) in [5.41, 5.74) is 3.62. The van der Waals surface area contributed by atoms with E-state index in [1.54, 1.807) is 0 Å². The van der Waals surface area contributed by atoms with Crippen LogP contribution in [0.5, 0.6) is 0 Å². The third-order valence-electron chi connectivity index (χ3n) is 6.65. The molecular formula is C29H26N4. The van der Waals surface area contributed by atoms with Crippen LogP contribution >= 0.6 is 0 Å². The molecule has 4 nitrogen and oxygen atoms in total. The molecule has 0 radical (unpaired) electrons. The monoisotopic (exact) mass is 430 g/mol. The smallest absolute Gasteiger partial charge is 0.159 e. The lowest BCUT2D eigenvalue weighted by Crippen LogP contribution is -2.47. The van der Waals surface area contributed by atoms with Gasteiger partial charge < -0.3 is 9.80 Å². The van der Waals surface area contributed by atoms with Gasteiger partial charge in [0.1, 0.15) is 0 Å². The van der Waals surface area contributed by atoms with Crippen molar-refractivity contribution in [3.05, 3.63) is 108 Å². The second-order valence-electron chi connectivity index (χ2n) is 8.65. The molecule has 0 spiro atoms. The van der Waals surface area contributed by atoms with Crippen molar-refractivity contribution in [2.75, 3.05) is 36.0 Å². The van der Waals surface area contributed by atoms with Crippen LogP contribution in [0.3, 0.4) is 0 Å². The molecule has 0 atom stereocenters. The summed E-state index contributed by atoms with van der Waals surface area (Å²) in [5, 5.41) is 14.4. The van der Waals surface area contributed by atoms with Gasteiger partial charge in [-0.3, -0.25) is 0 Å². The number of anilines is 2. The van der Waals surface area contributed by atoms with E-state index in [9.17, 15) is 0 Å². The Hall–Kier alpha value is -3.92. The molecular weight excluding hydrogens is 404 g/mol. The van der Waals surface area contributed by atoms with Gasteiger partial charge in [-0.25, -0.2) is 0 Å². The lowest BCUT2D eigenvalue weighted by atomic mass is 10.0. The summed E-state index contributed by atoms with van der Waals surface area (Å²) in [6, 6.07) is 34.3. The third-order valence-corrected chi connectivity index (χ3v) is 6.65. The Bertz CT molecular complexity index is 1400. The van der Waals surface area contributed by atoms with Gasteiger partial charge in [-0.15, -0.1) is 5.10 Å². The van der Waals surface area contributed by atoms with E-state index in [0.29, 0.717) is 0 Å². The van der Waals surface area contributed by atoms with E-state index in [0.717, 1.165) is 44.1 Å². The number of fused-ring (bicyclic) bond motifs is 2. The van der Waals surface area contributed by atoms with Crippen LogP contribution in [0.15, 0.2) is 97.1 Å². The maximum absolute atomic E-state index is 4.73. The van der Waals surface area contributed by atoms with Gasteiger partial charge in [0.25, 0.3) is 0 Å². The Balaban J connectivity index is 1.27. The first kappa shape index (κ1) is 19.7. The van der Waals surface area contributed by atoms with E-state index < -0.39 is 0 Å². The highest BCUT2D eigenvalue weighted by atomic mass is 15.3. The maximum atomic E-state index is 4.73.